The Labute approximate surface area is 135 Å². The maximum Gasteiger partial charge on any atom is 0.269 e. The lowest BCUT2D eigenvalue weighted by Gasteiger charge is -2.21. The van der Waals surface area contributed by atoms with Crippen molar-refractivity contribution in [3.05, 3.63) is 52.3 Å². The van der Waals surface area contributed by atoms with Crippen LogP contribution in [0, 0.1) is 15.5 Å². The number of rotatable bonds is 5. The summed E-state index contributed by atoms with van der Waals surface area (Å²) in [7, 11) is 0. The third kappa shape index (κ3) is 3.43. The van der Waals surface area contributed by atoms with E-state index < -0.39 is 4.92 Å². The van der Waals surface area contributed by atoms with Gasteiger partial charge in [0, 0.05) is 24.2 Å². The minimum absolute atomic E-state index is 0.0821. The van der Waals surface area contributed by atoms with Gasteiger partial charge < -0.3 is 10.2 Å². The van der Waals surface area contributed by atoms with Crippen molar-refractivity contribution in [2.75, 3.05) is 19.6 Å². The number of likely N-dealkylation sites (tertiary alicyclic amines) is 1. The van der Waals surface area contributed by atoms with Gasteiger partial charge in [0.05, 0.1) is 11.5 Å². The first kappa shape index (κ1) is 15.7. The van der Waals surface area contributed by atoms with Gasteiger partial charge in [0.15, 0.2) is 0 Å². The normalized spacial score (nSPS) is 21.7. The molecule has 0 bridgehead atoms. The molecule has 1 saturated heterocycles. The van der Waals surface area contributed by atoms with Crippen LogP contribution >= 0.6 is 0 Å². The van der Waals surface area contributed by atoms with Gasteiger partial charge in [0.25, 0.3) is 5.69 Å². The van der Waals surface area contributed by atoms with Gasteiger partial charge in [-0.05, 0) is 49.2 Å². The molecule has 6 heteroatoms. The largest absolute Gasteiger partial charge is 0.460 e. The molecule has 122 valence electrons. The maximum atomic E-state index is 10.7. The molecule has 0 radical (unpaired) electrons. The Balaban J connectivity index is 1.67. The van der Waals surface area contributed by atoms with E-state index in [1.165, 1.54) is 12.1 Å². The molecule has 1 aromatic carbocycles. The van der Waals surface area contributed by atoms with Crippen LogP contribution in [0.1, 0.15) is 19.1 Å². The van der Waals surface area contributed by atoms with E-state index in [4.69, 9.17) is 10.2 Å². The number of hydrogen-bond acceptors (Lipinski definition) is 5. The highest BCUT2D eigenvalue weighted by molar-refractivity contribution is 5.59. The Morgan fingerprint density at radius 1 is 1.30 bits per heavy atom. The predicted octanol–water partition coefficient (Wildman–Crippen LogP) is 3.03. The fourth-order valence-electron chi connectivity index (χ4n) is 3.01. The standard InChI is InChI=1S/C17H21N3O3/c1-17(11-18)8-9-19(12-17)10-15-6-7-16(23-15)13-2-4-14(5-3-13)20(21)22/h2-7H,8-12,18H2,1H3. The van der Waals surface area contributed by atoms with Crippen molar-refractivity contribution < 1.29 is 9.34 Å². The van der Waals surface area contributed by atoms with Crippen LogP contribution in [0.2, 0.25) is 0 Å². The van der Waals surface area contributed by atoms with Crippen LogP contribution in [-0.2, 0) is 6.54 Å². The smallest absolute Gasteiger partial charge is 0.269 e. The molecule has 2 heterocycles. The molecule has 0 saturated carbocycles. The molecule has 0 amide bonds. The van der Waals surface area contributed by atoms with E-state index >= 15 is 0 Å². The lowest BCUT2D eigenvalue weighted by molar-refractivity contribution is -0.384. The number of nitrogens with two attached hydrogens (primary N) is 1. The second-order valence-corrected chi connectivity index (χ2v) is 6.55. The van der Waals surface area contributed by atoms with Crippen LogP contribution in [0.3, 0.4) is 0 Å². The third-order valence-corrected chi connectivity index (χ3v) is 4.53. The van der Waals surface area contributed by atoms with E-state index in [0.29, 0.717) is 6.54 Å². The molecule has 0 spiro atoms. The minimum atomic E-state index is -0.404. The van der Waals surface area contributed by atoms with E-state index in [-0.39, 0.29) is 11.1 Å². The summed E-state index contributed by atoms with van der Waals surface area (Å²) in [5, 5.41) is 10.7. The van der Waals surface area contributed by atoms with E-state index in [1.54, 1.807) is 12.1 Å². The molecule has 1 atom stereocenters. The van der Waals surface area contributed by atoms with E-state index in [0.717, 1.165) is 43.1 Å². The first-order valence-corrected chi connectivity index (χ1v) is 7.75. The van der Waals surface area contributed by atoms with Gasteiger partial charge in [-0.15, -0.1) is 0 Å². The Morgan fingerprint density at radius 2 is 2.04 bits per heavy atom. The number of nitro groups is 1. The van der Waals surface area contributed by atoms with Gasteiger partial charge in [-0.3, -0.25) is 15.0 Å². The Bertz CT molecular complexity index is 695. The zero-order chi connectivity index (χ0) is 16.4. The fourth-order valence-corrected chi connectivity index (χ4v) is 3.01. The number of benzene rings is 1. The summed E-state index contributed by atoms with van der Waals surface area (Å²) < 4.78 is 5.89. The molecule has 3 rings (SSSR count). The highest BCUT2D eigenvalue weighted by Crippen LogP contribution is 2.31. The SMILES string of the molecule is CC1(CN)CCN(Cc2ccc(-c3ccc([N+](=O)[O-])cc3)o2)C1. The second kappa shape index (κ2) is 6.14. The average molecular weight is 315 g/mol. The topological polar surface area (TPSA) is 85.5 Å². The molecule has 2 aromatic rings. The first-order valence-electron chi connectivity index (χ1n) is 7.75. The zero-order valence-electron chi connectivity index (χ0n) is 13.2. The van der Waals surface area contributed by atoms with Crippen molar-refractivity contribution in [3.8, 4) is 11.3 Å². The van der Waals surface area contributed by atoms with Crippen LogP contribution in [0.4, 0.5) is 5.69 Å². The van der Waals surface area contributed by atoms with Gasteiger partial charge in [0.1, 0.15) is 11.5 Å². The van der Waals surface area contributed by atoms with Gasteiger partial charge in [-0.2, -0.15) is 0 Å². The summed E-state index contributed by atoms with van der Waals surface area (Å²) in [5.74, 6) is 1.63. The van der Waals surface area contributed by atoms with Crippen LogP contribution in [0.15, 0.2) is 40.8 Å². The van der Waals surface area contributed by atoms with Gasteiger partial charge in [-0.25, -0.2) is 0 Å². The Hall–Kier alpha value is -2.18. The third-order valence-electron chi connectivity index (χ3n) is 4.53. The van der Waals surface area contributed by atoms with Gasteiger partial charge in [-0.1, -0.05) is 6.92 Å². The van der Waals surface area contributed by atoms with Crippen molar-refractivity contribution in [3.63, 3.8) is 0 Å². The maximum absolute atomic E-state index is 10.7. The monoisotopic (exact) mass is 315 g/mol. The van der Waals surface area contributed by atoms with Crippen LogP contribution in [-0.4, -0.2) is 29.5 Å². The Kier molecular flexibility index (Phi) is 4.19. The molecule has 23 heavy (non-hydrogen) atoms. The molecule has 2 N–H and O–H groups in total. The Morgan fingerprint density at radius 3 is 2.65 bits per heavy atom. The highest BCUT2D eigenvalue weighted by Gasteiger charge is 2.32. The van der Waals surface area contributed by atoms with Crippen LogP contribution in [0.25, 0.3) is 11.3 Å². The molecular weight excluding hydrogens is 294 g/mol. The zero-order valence-corrected chi connectivity index (χ0v) is 13.2. The molecule has 0 aliphatic carbocycles. The van der Waals surface area contributed by atoms with Crippen molar-refractivity contribution in [2.24, 2.45) is 11.1 Å². The summed E-state index contributed by atoms with van der Waals surface area (Å²) in [5.41, 5.74) is 6.97. The van der Waals surface area contributed by atoms with Crippen LogP contribution in [0.5, 0.6) is 0 Å². The van der Waals surface area contributed by atoms with E-state index in [1.807, 2.05) is 12.1 Å². The molecule has 1 aromatic heterocycles. The highest BCUT2D eigenvalue weighted by atomic mass is 16.6. The van der Waals surface area contributed by atoms with Crippen molar-refractivity contribution in [1.82, 2.24) is 4.90 Å². The molecule has 1 aliphatic heterocycles. The summed E-state index contributed by atoms with van der Waals surface area (Å²) in [6.45, 7) is 5.70. The molecule has 1 aliphatic rings. The van der Waals surface area contributed by atoms with Crippen molar-refractivity contribution in [2.45, 2.75) is 19.9 Å². The lowest BCUT2D eigenvalue weighted by atomic mass is 9.90. The average Bonchev–Trinajstić information content (AvgIpc) is 3.15. The molecule has 1 fully saturated rings. The summed E-state index contributed by atoms with van der Waals surface area (Å²) in [6.07, 6.45) is 1.11. The van der Waals surface area contributed by atoms with Crippen molar-refractivity contribution >= 4 is 5.69 Å². The van der Waals surface area contributed by atoms with Crippen molar-refractivity contribution in [1.29, 1.82) is 0 Å². The molecule has 1 unspecified atom stereocenters. The number of furan rings is 1. The first-order chi connectivity index (χ1) is 11.0. The summed E-state index contributed by atoms with van der Waals surface area (Å²) in [4.78, 5) is 12.6. The number of nitro benzene ring substituents is 1. The lowest BCUT2D eigenvalue weighted by Crippen LogP contribution is -2.31. The van der Waals surface area contributed by atoms with E-state index in [9.17, 15) is 10.1 Å². The number of hydrogen-bond donors (Lipinski definition) is 1. The van der Waals surface area contributed by atoms with E-state index in [2.05, 4.69) is 11.8 Å². The quantitative estimate of drug-likeness (QED) is 0.677. The summed E-state index contributed by atoms with van der Waals surface area (Å²) >= 11 is 0. The van der Waals surface area contributed by atoms with Gasteiger partial charge in [0.2, 0.25) is 0 Å². The number of nitrogens with zero attached hydrogens (tertiary/aromatic N) is 2. The second-order valence-electron chi connectivity index (χ2n) is 6.55. The summed E-state index contributed by atoms with van der Waals surface area (Å²) in [6, 6.07) is 10.3. The fraction of sp³-hybridized carbons (Fsp3) is 0.412. The number of non-ortho nitro benzene ring substituents is 1. The van der Waals surface area contributed by atoms with Crippen LogP contribution < -0.4 is 5.73 Å². The minimum Gasteiger partial charge on any atom is -0.460 e. The van der Waals surface area contributed by atoms with Gasteiger partial charge >= 0.3 is 0 Å². The molecular formula is C17H21N3O3. The predicted molar refractivity (Wildman–Crippen MR) is 87.9 cm³/mol. The molecule has 6 nitrogen and oxygen atoms in total.